The summed E-state index contributed by atoms with van der Waals surface area (Å²) >= 11 is 0. The van der Waals surface area contributed by atoms with Gasteiger partial charge in [-0.15, -0.1) is 5.10 Å². The highest BCUT2D eigenvalue weighted by molar-refractivity contribution is 5.96. The minimum Gasteiger partial charge on any atom is -0.465 e. The maximum atomic E-state index is 12.3. The average molecular weight is 347 g/mol. The molecule has 0 aliphatic rings. The van der Waals surface area contributed by atoms with Gasteiger partial charge in [0.05, 0.1) is 13.0 Å². The maximum absolute atomic E-state index is 12.3. The molecule has 0 aromatic carbocycles. The number of pyridine rings is 2. The van der Waals surface area contributed by atoms with E-state index in [1.807, 2.05) is 37.3 Å². The number of furan rings is 1. The van der Waals surface area contributed by atoms with E-state index in [1.54, 1.807) is 29.0 Å². The molecule has 130 valence electrons. The van der Waals surface area contributed by atoms with Crippen LogP contribution in [0.1, 0.15) is 27.7 Å². The van der Waals surface area contributed by atoms with Gasteiger partial charge in [0.1, 0.15) is 17.3 Å². The molecule has 0 spiro atoms. The van der Waals surface area contributed by atoms with Crippen molar-refractivity contribution in [3.05, 3.63) is 77.8 Å². The number of nitrogens with one attached hydrogen (secondary N) is 1. The topological polar surface area (TPSA) is 85.3 Å². The number of aryl methyl sites for hydroxylation is 1. The third-order valence-electron chi connectivity index (χ3n) is 3.95. The zero-order valence-electron chi connectivity index (χ0n) is 14.2. The van der Waals surface area contributed by atoms with Crippen molar-refractivity contribution in [1.82, 2.24) is 19.6 Å². The van der Waals surface area contributed by atoms with E-state index >= 15 is 0 Å². The average Bonchev–Trinajstić information content (AvgIpc) is 3.26. The first-order chi connectivity index (χ1) is 12.7. The van der Waals surface area contributed by atoms with Crippen LogP contribution in [-0.4, -0.2) is 25.4 Å². The molecule has 1 N–H and O–H groups in total. The van der Waals surface area contributed by atoms with Gasteiger partial charge in [-0.2, -0.15) is 4.52 Å². The summed E-state index contributed by atoms with van der Waals surface area (Å²) in [5.41, 5.74) is 1.23. The summed E-state index contributed by atoms with van der Waals surface area (Å²) in [5, 5.41) is 7.75. The number of Topliss-reactive ketones (excluding diaryl/α,β-unsaturated/α-hetero) is 1. The third kappa shape index (κ3) is 3.32. The van der Waals surface area contributed by atoms with Gasteiger partial charge in [0.15, 0.2) is 17.3 Å². The van der Waals surface area contributed by atoms with E-state index in [4.69, 9.17) is 4.42 Å². The summed E-state index contributed by atoms with van der Waals surface area (Å²) in [6.07, 6.45) is 3.32. The zero-order chi connectivity index (χ0) is 17.9. The largest absolute Gasteiger partial charge is 0.465 e. The second kappa shape index (κ2) is 6.79. The van der Waals surface area contributed by atoms with Crippen molar-refractivity contribution >= 4 is 17.2 Å². The van der Waals surface area contributed by atoms with Crippen LogP contribution >= 0.6 is 0 Å². The molecule has 4 rings (SSSR count). The molecule has 26 heavy (non-hydrogen) atoms. The minimum atomic E-state index is -0.0606. The first-order valence-corrected chi connectivity index (χ1v) is 8.26. The Morgan fingerprint density at radius 1 is 1.19 bits per heavy atom. The molecular weight excluding hydrogens is 330 g/mol. The van der Waals surface area contributed by atoms with E-state index in [-0.39, 0.29) is 12.2 Å². The van der Waals surface area contributed by atoms with Crippen molar-refractivity contribution in [2.45, 2.75) is 19.9 Å². The fourth-order valence-corrected chi connectivity index (χ4v) is 2.69. The van der Waals surface area contributed by atoms with Crippen LogP contribution in [0.4, 0.5) is 5.82 Å². The molecule has 4 heterocycles. The van der Waals surface area contributed by atoms with Crippen LogP contribution in [-0.2, 0) is 13.0 Å². The highest BCUT2D eigenvalue weighted by Gasteiger charge is 2.13. The molecule has 0 unspecified atom stereocenters. The van der Waals surface area contributed by atoms with E-state index in [9.17, 15) is 4.79 Å². The first kappa shape index (κ1) is 16.0. The fourth-order valence-electron chi connectivity index (χ4n) is 2.69. The monoisotopic (exact) mass is 347 g/mol. The molecule has 4 aromatic rings. The number of nitrogens with zero attached hydrogens (tertiary/aromatic N) is 4. The highest BCUT2D eigenvalue weighted by Crippen LogP contribution is 2.14. The number of fused-ring (bicyclic) bond motifs is 1. The molecule has 0 amide bonds. The number of rotatable bonds is 6. The van der Waals surface area contributed by atoms with Gasteiger partial charge in [0.2, 0.25) is 0 Å². The lowest BCUT2D eigenvalue weighted by molar-refractivity contribution is 0.0990. The summed E-state index contributed by atoms with van der Waals surface area (Å²) in [4.78, 5) is 20.8. The van der Waals surface area contributed by atoms with Crippen molar-refractivity contribution in [2.75, 3.05) is 5.32 Å². The van der Waals surface area contributed by atoms with Gasteiger partial charge in [-0.1, -0.05) is 6.07 Å². The molecule has 0 atom stereocenters. The maximum Gasteiger partial charge on any atom is 0.172 e. The van der Waals surface area contributed by atoms with Gasteiger partial charge in [-0.3, -0.25) is 9.78 Å². The standard InChI is InChI=1S/C19H17N5O2/c1-13-7-8-15(26-13)12-21-18-5-2-6-19-22-17(23-24(18)19)10-16(25)14-4-3-9-20-11-14/h2-9,11,21H,10,12H2,1H3. The van der Waals surface area contributed by atoms with Crippen LogP contribution < -0.4 is 5.32 Å². The van der Waals surface area contributed by atoms with Gasteiger partial charge in [-0.05, 0) is 43.3 Å². The summed E-state index contributed by atoms with van der Waals surface area (Å²) in [5.74, 6) is 2.91. The van der Waals surface area contributed by atoms with Crippen molar-refractivity contribution in [1.29, 1.82) is 0 Å². The number of carbonyl (C=O) groups is 1. The normalized spacial score (nSPS) is 11.0. The molecular formula is C19H17N5O2. The Kier molecular flexibility index (Phi) is 4.18. The van der Waals surface area contributed by atoms with Crippen molar-refractivity contribution in [3.8, 4) is 0 Å². The second-order valence-electron chi connectivity index (χ2n) is 5.92. The van der Waals surface area contributed by atoms with Crippen LogP contribution in [0.25, 0.3) is 5.65 Å². The van der Waals surface area contributed by atoms with E-state index in [0.29, 0.717) is 23.6 Å². The predicted octanol–water partition coefficient (Wildman–Crippen LogP) is 3.06. The molecule has 0 aliphatic heterocycles. The van der Waals surface area contributed by atoms with Crippen molar-refractivity contribution < 1.29 is 9.21 Å². The van der Waals surface area contributed by atoms with E-state index < -0.39 is 0 Å². The Morgan fingerprint density at radius 2 is 2.12 bits per heavy atom. The summed E-state index contributed by atoms with van der Waals surface area (Å²) in [6.45, 7) is 2.45. The molecule has 4 aromatic heterocycles. The van der Waals surface area contributed by atoms with Gasteiger partial charge < -0.3 is 9.73 Å². The van der Waals surface area contributed by atoms with Crippen LogP contribution in [0.5, 0.6) is 0 Å². The Bertz CT molecular complexity index is 1050. The van der Waals surface area contributed by atoms with E-state index in [0.717, 1.165) is 17.3 Å². The quantitative estimate of drug-likeness (QED) is 0.540. The highest BCUT2D eigenvalue weighted by atomic mass is 16.3. The minimum absolute atomic E-state index is 0.0606. The van der Waals surface area contributed by atoms with Gasteiger partial charge in [-0.25, -0.2) is 4.98 Å². The SMILES string of the molecule is Cc1ccc(CNc2cccc3nc(CC(=O)c4cccnc4)nn23)o1. The lowest BCUT2D eigenvalue weighted by atomic mass is 10.1. The van der Waals surface area contributed by atoms with Crippen LogP contribution in [0.15, 0.2) is 59.3 Å². The zero-order valence-corrected chi connectivity index (χ0v) is 14.2. The molecule has 0 saturated heterocycles. The third-order valence-corrected chi connectivity index (χ3v) is 3.95. The number of ketones is 1. The van der Waals surface area contributed by atoms with Crippen LogP contribution in [0.3, 0.4) is 0 Å². The number of carbonyl (C=O) groups excluding carboxylic acids is 1. The first-order valence-electron chi connectivity index (χ1n) is 8.26. The Labute approximate surface area is 149 Å². The van der Waals surface area contributed by atoms with Crippen LogP contribution in [0, 0.1) is 6.92 Å². The molecule has 0 aliphatic carbocycles. The fraction of sp³-hybridized carbons (Fsp3) is 0.158. The van der Waals surface area contributed by atoms with Crippen LogP contribution in [0.2, 0.25) is 0 Å². The second-order valence-corrected chi connectivity index (χ2v) is 5.92. The summed E-state index contributed by atoms with van der Waals surface area (Å²) in [7, 11) is 0. The van der Waals surface area contributed by atoms with Crippen molar-refractivity contribution in [2.24, 2.45) is 0 Å². The lowest BCUT2D eigenvalue weighted by Crippen LogP contribution is -2.06. The molecule has 0 bridgehead atoms. The number of anilines is 1. The van der Waals surface area contributed by atoms with E-state index in [1.165, 1.54) is 0 Å². The lowest BCUT2D eigenvalue weighted by Gasteiger charge is -2.05. The summed E-state index contributed by atoms with van der Waals surface area (Å²) in [6, 6.07) is 13.0. The molecule has 0 saturated carbocycles. The molecule has 7 nitrogen and oxygen atoms in total. The Balaban J connectivity index is 1.54. The van der Waals surface area contributed by atoms with Gasteiger partial charge >= 0.3 is 0 Å². The number of aromatic nitrogens is 4. The molecule has 0 fully saturated rings. The van der Waals surface area contributed by atoms with E-state index in [2.05, 4.69) is 20.4 Å². The van der Waals surface area contributed by atoms with Crippen molar-refractivity contribution in [3.63, 3.8) is 0 Å². The summed E-state index contributed by atoms with van der Waals surface area (Å²) < 4.78 is 7.26. The smallest absolute Gasteiger partial charge is 0.172 e. The van der Waals surface area contributed by atoms with Gasteiger partial charge in [0.25, 0.3) is 0 Å². The number of hydrogen-bond acceptors (Lipinski definition) is 6. The molecule has 7 heteroatoms. The Morgan fingerprint density at radius 3 is 2.88 bits per heavy atom. The Hall–Kier alpha value is -3.48. The predicted molar refractivity (Wildman–Crippen MR) is 96.0 cm³/mol. The number of hydrogen-bond donors (Lipinski definition) is 1. The molecule has 0 radical (unpaired) electrons. The van der Waals surface area contributed by atoms with Gasteiger partial charge in [0, 0.05) is 18.0 Å².